The summed E-state index contributed by atoms with van der Waals surface area (Å²) in [5.74, 6) is -1.19. The van der Waals surface area contributed by atoms with Gasteiger partial charge in [0.2, 0.25) is 10.0 Å². The molecular weight excluding hydrogens is 290 g/mol. The molecule has 0 unspecified atom stereocenters. The highest BCUT2D eigenvalue weighted by molar-refractivity contribution is 7.89. The fraction of sp³-hybridized carbons (Fsp3) is 0.417. The van der Waals surface area contributed by atoms with Gasteiger partial charge in [-0.05, 0) is 31.0 Å². The summed E-state index contributed by atoms with van der Waals surface area (Å²) in [4.78, 5) is 10.7. The second kappa shape index (κ2) is 6.36. The molecule has 1 aromatic carbocycles. The van der Waals surface area contributed by atoms with Crippen molar-refractivity contribution in [2.75, 3.05) is 13.1 Å². The van der Waals surface area contributed by atoms with Crippen molar-refractivity contribution in [1.29, 1.82) is 0 Å². The molecule has 106 valence electrons. The van der Waals surface area contributed by atoms with Gasteiger partial charge in [0.05, 0.1) is 5.02 Å². The van der Waals surface area contributed by atoms with Gasteiger partial charge in [0.1, 0.15) is 11.4 Å². The Bertz CT molecular complexity index is 571. The summed E-state index contributed by atoms with van der Waals surface area (Å²) < 4.78 is 25.7. The molecule has 0 saturated carbocycles. The first-order valence-electron chi connectivity index (χ1n) is 5.77. The number of carbonyl (C=O) groups is 1. The zero-order valence-corrected chi connectivity index (χ0v) is 12.3. The molecule has 7 heteroatoms. The molecule has 0 aliphatic rings. The van der Waals surface area contributed by atoms with Crippen LogP contribution in [0.4, 0.5) is 0 Å². The Hall–Kier alpha value is -1.11. The summed E-state index contributed by atoms with van der Waals surface area (Å²) in [6, 6.07) is 4.57. The first-order valence-corrected chi connectivity index (χ1v) is 7.59. The molecular formula is C12H16ClNO4S. The summed E-state index contributed by atoms with van der Waals surface area (Å²) in [6.45, 7) is 3.14. The van der Waals surface area contributed by atoms with Crippen LogP contribution in [0, 0.1) is 6.92 Å². The standard InChI is InChI=1S/C12H16ClNO4S/c1-3-6-14(8-12(15)16)19(17,18)11-5-4-9(2)7-10(11)13/h4-5,7H,3,6,8H2,1-2H3,(H,15,16). The smallest absolute Gasteiger partial charge is 0.318 e. The van der Waals surface area contributed by atoms with Gasteiger partial charge < -0.3 is 5.11 Å². The molecule has 0 aliphatic carbocycles. The van der Waals surface area contributed by atoms with Crippen molar-refractivity contribution in [2.45, 2.75) is 25.2 Å². The Morgan fingerprint density at radius 3 is 2.53 bits per heavy atom. The molecule has 0 aromatic heterocycles. The average Bonchev–Trinajstić information content (AvgIpc) is 2.27. The molecule has 0 spiro atoms. The monoisotopic (exact) mass is 305 g/mol. The van der Waals surface area contributed by atoms with Gasteiger partial charge in [-0.2, -0.15) is 4.31 Å². The fourth-order valence-corrected chi connectivity index (χ4v) is 3.69. The van der Waals surface area contributed by atoms with Crippen LogP contribution in [0.1, 0.15) is 18.9 Å². The number of hydrogen-bond donors (Lipinski definition) is 1. The van der Waals surface area contributed by atoms with Crippen LogP contribution in [0.25, 0.3) is 0 Å². The molecule has 0 aliphatic heterocycles. The highest BCUT2D eigenvalue weighted by Crippen LogP contribution is 2.25. The number of hydrogen-bond acceptors (Lipinski definition) is 3. The molecule has 19 heavy (non-hydrogen) atoms. The normalized spacial score (nSPS) is 11.8. The van der Waals surface area contributed by atoms with Crippen molar-refractivity contribution in [3.63, 3.8) is 0 Å². The lowest BCUT2D eigenvalue weighted by Gasteiger charge is -2.20. The summed E-state index contributed by atoms with van der Waals surface area (Å²) in [5, 5.41) is 8.90. The van der Waals surface area contributed by atoms with E-state index in [1.165, 1.54) is 6.07 Å². The number of aryl methyl sites for hydroxylation is 1. The van der Waals surface area contributed by atoms with Gasteiger partial charge in [0, 0.05) is 6.54 Å². The quantitative estimate of drug-likeness (QED) is 0.873. The Balaban J connectivity index is 3.22. The van der Waals surface area contributed by atoms with Gasteiger partial charge >= 0.3 is 5.97 Å². The molecule has 1 rings (SSSR count). The van der Waals surface area contributed by atoms with Crippen LogP contribution in [0.15, 0.2) is 23.1 Å². The molecule has 0 heterocycles. The van der Waals surface area contributed by atoms with Crippen molar-refractivity contribution in [3.8, 4) is 0 Å². The molecule has 0 saturated heterocycles. The van der Waals surface area contributed by atoms with Crippen LogP contribution in [0.3, 0.4) is 0 Å². The molecule has 0 fully saturated rings. The van der Waals surface area contributed by atoms with Crippen LogP contribution in [0.5, 0.6) is 0 Å². The third kappa shape index (κ3) is 3.92. The van der Waals surface area contributed by atoms with Gasteiger partial charge in [-0.3, -0.25) is 4.79 Å². The van der Waals surface area contributed by atoms with Crippen LogP contribution in [-0.2, 0) is 14.8 Å². The van der Waals surface area contributed by atoms with Gasteiger partial charge in [0.25, 0.3) is 0 Å². The highest BCUT2D eigenvalue weighted by Gasteiger charge is 2.27. The Kier molecular flexibility index (Phi) is 5.34. The lowest BCUT2D eigenvalue weighted by Crippen LogP contribution is -2.36. The highest BCUT2D eigenvalue weighted by atomic mass is 35.5. The second-order valence-electron chi connectivity index (χ2n) is 4.17. The van der Waals surface area contributed by atoms with E-state index in [0.29, 0.717) is 6.42 Å². The van der Waals surface area contributed by atoms with E-state index < -0.39 is 22.5 Å². The number of halogens is 1. The average molecular weight is 306 g/mol. The lowest BCUT2D eigenvalue weighted by atomic mass is 10.2. The zero-order chi connectivity index (χ0) is 14.6. The van der Waals surface area contributed by atoms with E-state index in [-0.39, 0.29) is 16.5 Å². The Labute approximate surface area is 117 Å². The molecule has 0 atom stereocenters. The molecule has 1 aromatic rings. The maximum Gasteiger partial charge on any atom is 0.318 e. The molecule has 1 N–H and O–H groups in total. The molecule has 0 radical (unpaired) electrons. The fourth-order valence-electron chi connectivity index (χ4n) is 1.64. The number of sulfonamides is 1. The number of rotatable bonds is 6. The second-order valence-corrected chi connectivity index (χ2v) is 6.48. The van der Waals surface area contributed by atoms with Gasteiger partial charge in [-0.1, -0.05) is 24.6 Å². The Morgan fingerprint density at radius 1 is 1.42 bits per heavy atom. The molecule has 0 amide bonds. The van der Waals surface area contributed by atoms with E-state index >= 15 is 0 Å². The number of nitrogens with zero attached hydrogens (tertiary/aromatic N) is 1. The van der Waals surface area contributed by atoms with Crippen molar-refractivity contribution in [2.24, 2.45) is 0 Å². The maximum absolute atomic E-state index is 12.4. The van der Waals surface area contributed by atoms with Crippen molar-refractivity contribution >= 4 is 27.6 Å². The van der Waals surface area contributed by atoms with Crippen molar-refractivity contribution in [1.82, 2.24) is 4.31 Å². The Morgan fingerprint density at radius 2 is 2.05 bits per heavy atom. The van der Waals surface area contributed by atoms with Crippen molar-refractivity contribution < 1.29 is 18.3 Å². The molecule has 5 nitrogen and oxygen atoms in total. The van der Waals surface area contributed by atoms with Gasteiger partial charge in [-0.25, -0.2) is 8.42 Å². The first kappa shape index (κ1) is 15.9. The number of carboxylic acids is 1. The maximum atomic E-state index is 12.4. The minimum absolute atomic E-state index is 0.0607. The number of carboxylic acid groups (broad SMARTS) is 1. The SMILES string of the molecule is CCCN(CC(=O)O)S(=O)(=O)c1ccc(C)cc1Cl. The van der Waals surface area contributed by atoms with Crippen LogP contribution >= 0.6 is 11.6 Å². The third-order valence-electron chi connectivity index (χ3n) is 2.49. The number of aliphatic carboxylic acids is 1. The van der Waals surface area contributed by atoms with E-state index in [0.717, 1.165) is 9.87 Å². The van der Waals surface area contributed by atoms with Crippen LogP contribution < -0.4 is 0 Å². The summed E-state index contributed by atoms with van der Waals surface area (Å²) in [6.07, 6.45) is 0.524. The van der Waals surface area contributed by atoms with Crippen LogP contribution in [0.2, 0.25) is 5.02 Å². The first-order chi connectivity index (χ1) is 8.78. The van der Waals surface area contributed by atoms with E-state index in [1.54, 1.807) is 26.0 Å². The predicted molar refractivity (Wildman–Crippen MR) is 72.9 cm³/mol. The van der Waals surface area contributed by atoms with E-state index in [1.807, 2.05) is 0 Å². The zero-order valence-electron chi connectivity index (χ0n) is 10.8. The minimum atomic E-state index is -3.89. The lowest BCUT2D eigenvalue weighted by molar-refractivity contribution is -0.137. The van der Waals surface area contributed by atoms with Gasteiger partial charge in [0.15, 0.2) is 0 Å². The van der Waals surface area contributed by atoms with Crippen LogP contribution in [-0.4, -0.2) is 36.9 Å². The third-order valence-corrected chi connectivity index (χ3v) is 4.82. The minimum Gasteiger partial charge on any atom is -0.480 e. The largest absolute Gasteiger partial charge is 0.480 e. The van der Waals surface area contributed by atoms with E-state index in [9.17, 15) is 13.2 Å². The topological polar surface area (TPSA) is 74.7 Å². The van der Waals surface area contributed by atoms with Crippen molar-refractivity contribution in [3.05, 3.63) is 28.8 Å². The van der Waals surface area contributed by atoms with Gasteiger partial charge in [-0.15, -0.1) is 0 Å². The summed E-state index contributed by atoms with van der Waals surface area (Å²) in [5.41, 5.74) is 0.837. The van der Waals surface area contributed by atoms with E-state index in [2.05, 4.69) is 0 Å². The predicted octanol–water partition coefficient (Wildman–Crippen LogP) is 2.13. The number of benzene rings is 1. The summed E-state index contributed by atoms with van der Waals surface area (Å²) >= 11 is 5.94. The van der Waals surface area contributed by atoms with E-state index in [4.69, 9.17) is 16.7 Å². The summed E-state index contributed by atoms with van der Waals surface area (Å²) in [7, 11) is -3.89. The molecule has 0 bridgehead atoms.